The first-order chi connectivity index (χ1) is 14.1. The molecule has 3 heterocycles. The molecule has 0 radical (unpaired) electrons. The van der Waals surface area contributed by atoms with Crippen molar-refractivity contribution in [2.45, 2.75) is 12.1 Å². The van der Waals surface area contributed by atoms with Crippen LogP contribution in [0.25, 0.3) is 0 Å². The van der Waals surface area contributed by atoms with Gasteiger partial charge < -0.3 is 20.3 Å². The molecule has 1 unspecified atom stereocenters. The van der Waals surface area contributed by atoms with Gasteiger partial charge in [0.05, 0.1) is 13.2 Å². The van der Waals surface area contributed by atoms with Crippen molar-refractivity contribution in [1.82, 2.24) is 15.5 Å². The topological polar surface area (TPSA) is 91.7 Å². The van der Waals surface area contributed by atoms with E-state index in [0.29, 0.717) is 24.7 Å². The summed E-state index contributed by atoms with van der Waals surface area (Å²) in [5, 5.41) is 15.3. The number of morpholine rings is 1. The molecule has 0 saturated carbocycles. The molecule has 2 aliphatic rings. The van der Waals surface area contributed by atoms with Crippen LogP contribution in [0.15, 0.2) is 53.7 Å². The number of rotatable bonds is 5. The summed E-state index contributed by atoms with van der Waals surface area (Å²) >= 11 is 5.96. The van der Waals surface area contributed by atoms with Crippen molar-refractivity contribution in [2.75, 3.05) is 36.5 Å². The van der Waals surface area contributed by atoms with Crippen molar-refractivity contribution in [2.24, 2.45) is 4.99 Å². The van der Waals surface area contributed by atoms with Gasteiger partial charge >= 0.3 is 0 Å². The number of halogens is 1. The molecule has 2 aromatic rings. The zero-order chi connectivity index (χ0) is 20.1. The Kier molecular flexibility index (Phi) is 5.73. The Morgan fingerprint density at radius 1 is 1.10 bits per heavy atom. The van der Waals surface area contributed by atoms with Crippen LogP contribution >= 0.6 is 11.6 Å². The lowest BCUT2D eigenvalue weighted by Gasteiger charge is -2.34. The van der Waals surface area contributed by atoms with Crippen LogP contribution in [0.5, 0.6) is 0 Å². The summed E-state index contributed by atoms with van der Waals surface area (Å²) in [4.78, 5) is 19.1. The minimum absolute atomic E-state index is 0.246. The largest absolute Gasteiger partial charge is 0.378 e. The highest BCUT2D eigenvalue weighted by atomic mass is 35.5. The molecule has 0 spiro atoms. The van der Waals surface area contributed by atoms with Gasteiger partial charge in [0.1, 0.15) is 5.66 Å². The summed E-state index contributed by atoms with van der Waals surface area (Å²) in [6.45, 7) is 2.85. The van der Waals surface area contributed by atoms with Crippen molar-refractivity contribution in [1.29, 1.82) is 0 Å². The second-order valence-corrected chi connectivity index (χ2v) is 7.22. The normalized spacial score (nSPS) is 21.1. The first-order valence-corrected chi connectivity index (χ1v) is 9.73. The van der Waals surface area contributed by atoms with Crippen LogP contribution in [0.3, 0.4) is 0 Å². The number of nitrogens with zero attached hydrogens (tertiary/aromatic N) is 4. The van der Waals surface area contributed by atoms with Gasteiger partial charge in [0.25, 0.3) is 5.91 Å². The molecule has 1 fully saturated rings. The smallest absolute Gasteiger partial charge is 0.273 e. The third-order valence-electron chi connectivity index (χ3n) is 4.73. The van der Waals surface area contributed by atoms with Gasteiger partial charge in [-0.15, -0.1) is 10.2 Å². The van der Waals surface area contributed by atoms with E-state index < -0.39 is 5.66 Å². The Labute approximate surface area is 173 Å². The molecule has 0 bridgehead atoms. The Balaban J connectivity index is 1.48. The Morgan fingerprint density at radius 2 is 1.90 bits per heavy atom. The number of hydrogen-bond acceptors (Lipinski definition) is 7. The molecule has 29 heavy (non-hydrogen) atoms. The molecule has 1 saturated heterocycles. The zero-order valence-electron chi connectivity index (χ0n) is 15.7. The van der Waals surface area contributed by atoms with Crippen molar-refractivity contribution in [3.63, 3.8) is 0 Å². The fraction of sp³-hybridized carbons (Fsp3) is 0.300. The lowest BCUT2D eigenvalue weighted by Crippen LogP contribution is -2.54. The fourth-order valence-corrected chi connectivity index (χ4v) is 3.30. The maximum absolute atomic E-state index is 12.9. The van der Waals surface area contributed by atoms with Crippen molar-refractivity contribution in [3.05, 3.63) is 59.4 Å². The number of amides is 1. The molecule has 9 heteroatoms. The lowest BCUT2D eigenvalue weighted by atomic mass is 10.0. The van der Waals surface area contributed by atoms with Crippen molar-refractivity contribution in [3.8, 4) is 0 Å². The lowest BCUT2D eigenvalue weighted by molar-refractivity contribution is 0.0920. The first kappa shape index (κ1) is 19.4. The van der Waals surface area contributed by atoms with E-state index in [4.69, 9.17) is 16.3 Å². The second-order valence-electron chi connectivity index (χ2n) is 6.79. The molecule has 1 aromatic carbocycles. The summed E-state index contributed by atoms with van der Waals surface area (Å²) in [7, 11) is 0. The zero-order valence-corrected chi connectivity index (χ0v) is 16.5. The Bertz CT molecular complexity index is 910. The van der Waals surface area contributed by atoms with Crippen LogP contribution < -0.4 is 15.5 Å². The predicted molar refractivity (Wildman–Crippen MR) is 113 cm³/mol. The van der Waals surface area contributed by atoms with Crippen molar-refractivity contribution < 1.29 is 9.53 Å². The number of nitrogens with one attached hydrogen (secondary N) is 2. The predicted octanol–water partition coefficient (Wildman–Crippen LogP) is 2.49. The van der Waals surface area contributed by atoms with E-state index in [0.717, 1.165) is 24.6 Å². The van der Waals surface area contributed by atoms with E-state index in [2.05, 4.69) is 30.7 Å². The molecule has 2 N–H and O–H groups in total. The minimum Gasteiger partial charge on any atom is -0.378 e. The quantitative estimate of drug-likeness (QED) is 0.733. The van der Waals surface area contributed by atoms with E-state index in [1.54, 1.807) is 30.6 Å². The van der Waals surface area contributed by atoms with Crippen molar-refractivity contribution >= 4 is 35.2 Å². The Hall–Kier alpha value is -2.97. The first-order valence-electron chi connectivity index (χ1n) is 9.36. The molecular formula is C20H21ClN6O2. The fourth-order valence-electron chi connectivity index (χ4n) is 3.18. The van der Waals surface area contributed by atoms with Gasteiger partial charge in [-0.25, -0.2) is 0 Å². The van der Waals surface area contributed by atoms with E-state index in [1.807, 2.05) is 24.3 Å². The van der Waals surface area contributed by atoms with E-state index >= 15 is 0 Å². The van der Waals surface area contributed by atoms with E-state index in [-0.39, 0.29) is 11.6 Å². The van der Waals surface area contributed by atoms with Gasteiger partial charge in [0, 0.05) is 42.6 Å². The number of ether oxygens (including phenoxy) is 1. The van der Waals surface area contributed by atoms with Gasteiger partial charge in [-0.1, -0.05) is 11.6 Å². The molecular weight excluding hydrogens is 392 g/mol. The monoisotopic (exact) mass is 412 g/mol. The van der Waals surface area contributed by atoms with Crippen LogP contribution in [0.1, 0.15) is 16.9 Å². The summed E-state index contributed by atoms with van der Waals surface area (Å²) in [5.74, 6) is 0.413. The summed E-state index contributed by atoms with van der Waals surface area (Å²) < 4.78 is 5.35. The van der Waals surface area contributed by atoms with Gasteiger partial charge in [-0.3, -0.25) is 9.79 Å². The molecule has 150 valence electrons. The molecule has 1 amide bonds. The van der Waals surface area contributed by atoms with Crippen LogP contribution in [0.4, 0.5) is 11.5 Å². The van der Waals surface area contributed by atoms with Gasteiger partial charge in [0.15, 0.2) is 11.5 Å². The highest BCUT2D eigenvalue weighted by molar-refractivity contribution is 6.30. The van der Waals surface area contributed by atoms with Crippen LogP contribution in [0.2, 0.25) is 5.02 Å². The number of benzene rings is 1. The van der Waals surface area contributed by atoms with E-state index in [1.165, 1.54) is 0 Å². The summed E-state index contributed by atoms with van der Waals surface area (Å²) in [5.41, 5.74) is 0.246. The van der Waals surface area contributed by atoms with E-state index in [9.17, 15) is 4.79 Å². The molecule has 8 nitrogen and oxygen atoms in total. The highest BCUT2D eigenvalue weighted by Gasteiger charge is 2.30. The maximum Gasteiger partial charge on any atom is 0.273 e. The molecule has 0 aliphatic carbocycles. The number of carbonyl (C=O) groups excluding carboxylic acids is 1. The number of aromatic nitrogens is 2. The average molecular weight is 413 g/mol. The Morgan fingerprint density at radius 3 is 2.55 bits per heavy atom. The van der Waals surface area contributed by atoms with Gasteiger partial charge in [0.2, 0.25) is 0 Å². The van der Waals surface area contributed by atoms with Gasteiger partial charge in [-0.2, -0.15) is 0 Å². The second kappa shape index (κ2) is 8.59. The third-order valence-corrected chi connectivity index (χ3v) is 4.98. The SMILES string of the molecule is O=C(NC1(Nc2ccc(Cl)cc2)C=CN=CC1)c1ccc(N2CCOCC2)nn1. The van der Waals surface area contributed by atoms with Crippen LogP contribution in [-0.4, -0.2) is 54.3 Å². The van der Waals surface area contributed by atoms with Crippen LogP contribution in [0, 0.1) is 0 Å². The molecule has 4 rings (SSSR count). The number of aliphatic imine (C=N–C) groups is 1. The highest BCUT2D eigenvalue weighted by Crippen LogP contribution is 2.22. The third kappa shape index (κ3) is 4.72. The number of hydrogen-bond donors (Lipinski definition) is 2. The molecule has 2 aliphatic heterocycles. The number of anilines is 2. The molecule has 1 aromatic heterocycles. The maximum atomic E-state index is 12.9. The average Bonchev–Trinajstić information content (AvgIpc) is 2.77. The standard InChI is InChI=1S/C20H21ClN6O2/c21-15-1-3-16(4-2-15)23-20(7-9-22-10-8-20)24-19(28)17-5-6-18(26-25-17)27-11-13-29-14-12-27/h1-7,9-10,23H,8,11-14H2,(H,24,28). The number of carbonyl (C=O) groups is 1. The molecule has 1 atom stereocenters. The minimum atomic E-state index is -0.822. The summed E-state index contributed by atoms with van der Waals surface area (Å²) in [6.07, 6.45) is 5.70. The van der Waals surface area contributed by atoms with Gasteiger partial charge in [-0.05, 0) is 42.5 Å². The van der Waals surface area contributed by atoms with Crippen LogP contribution in [-0.2, 0) is 4.74 Å². The summed E-state index contributed by atoms with van der Waals surface area (Å²) in [6, 6.07) is 10.8.